The fourth-order valence-corrected chi connectivity index (χ4v) is 1.81. The highest BCUT2D eigenvalue weighted by molar-refractivity contribution is 5.41. The topological polar surface area (TPSA) is 28.2 Å². The van der Waals surface area contributed by atoms with Gasteiger partial charge in [-0.2, -0.15) is 0 Å². The number of aromatic nitrogens is 1. The Morgan fingerprint density at radius 3 is 3.00 bits per heavy atom. The van der Waals surface area contributed by atoms with Crippen LogP contribution in [0.4, 0.5) is 5.82 Å². The minimum atomic E-state index is 0.541. The summed E-state index contributed by atoms with van der Waals surface area (Å²) < 4.78 is 0. The molecule has 1 aromatic heterocycles. The van der Waals surface area contributed by atoms with Gasteiger partial charge in [-0.05, 0) is 25.5 Å². The van der Waals surface area contributed by atoms with Gasteiger partial charge in [0.05, 0.1) is 0 Å². The van der Waals surface area contributed by atoms with E-state index in [1.165, 1.54) is 5.56 Å². The van der Waals surface area contributed by atoms with Crippen molar-refractivity contribution in [3.05, 3.63) is 23.9 Å². The van der Waals surface area contributed by atoms with E-state index in [9.17, 15) is 0 Å². The molecular formula is C11H17N3. The Bertz CT molecular complexity index is 294. The largest absolute Gasteiger partial charge is 0.351 e. The molecule has 0 saturated carbocycles. The molecule has 1 fully saturated rings. The lowest BCUT2D eigenvalue weighted by molar-refractivity contribution is 0.497. The van der Waals surface area contributed by atoms with E-state index >= 15 is 0 Å². The van der Waals surface area contributed by atoms with Gasteiger partial charge in [0.1, 0.15) is 5.82 Å². The first-order valence-corrected chi connectivity index (χ1v) is 5.17. The summed E-state index contributed by atoms with van der Waals surface area (Å²) in [6, 6.07) is 4.77. The van der Waals surface area contributed by atoms with Crippen molar-refractivity contribution in [3.63, 3.8) is 0 Å². The van der Waals surface area contributed by atoms with Gasteiger partial charge in [-0.15, -0.1) is 0 Å². The number of hydrogen-bond donors (Lipinski definition) is 1. The average Bonchev–Trinajstić information content (AvgIpc) is 2.20. The van der Waals surface area contributed by atoms with Crippen molar-refractivity contribution in [2.24, 2.45) is 0 Å². The van der Waals surface area contributed by atoms with Gasteiger partial charge in [-0.3, -0.25) is 0 Å². The molecule has 3 nitrogen and oxygen atoms in total. The maximum absolute atomic E-state index is 4.45. The number of nitrogens with zero attached hydrogens (tertiary/aromatic N) is 2. The molecule has 1 aromatic rings. The van der Waals surface area contributed by atoms with Crippen LogP contribution in [0.2, 0.25) is 0 Å². The summed E-state index contributed by atoms with van der Waals surface area (Å²) in [6.07, 6.45) is 1.93. The predicted octanol–water partition coefficient (Wildman–Crippen LogP) is 1.19. The molecule has 2 rings (SSSR count). The highest BCUT2D eigenvalue weighted by atomic mass is 15.3. The zero-order chi connectivity index (χ0) is 9.97. The molecule has 0 amide bonds. The fraction of sp³-hybridized carbons (Fsp3) is 0.545. The van der Waals surface area contributed by atoms with Gasteiger partial charge in [0.15, 0.2) is 0 Å². The van der Waals surface area contributed by atoms with Crippen molar-refractivity contribution < 1.29 is 0 Å². The van der Waals surface area contributed by atoms with Crippen LogP contribution in [0.15, 0.2) is 18.3 Å². The van der Waals surface area contributed by atoms with Crippen LogP contribution in [-0.4, -0.2) is 30.7 Å². The smallest absolute Gasteiger partial charge is 0.128 e. The second-order valence-electron chi connectivity index (χ2n) is 3.94. The third-order valence-electron chi connectivity index (χ3n) is 2.69. The summed E-state index contributed by atoms with van der Waals surface area (Å²) in [7, 11) is 0. The quantitative estimate of drug-likeness (QED) is 0.722. The first kappa shape index (κ1) is 9.46. The Labute approximate surface area is 85.1 Å². The standard InChI is InChI=1S/C11H17N3/c1-9-3-4-11(13-7-9)14-6-5-12-8-10(14)2/h3-4,7,10,12H,5-6,8H2,1-2H3. The Morgan fingerprint density at radius 2 is 2.36 bits per heavy atom. The third-order valence-corrected chi connectivity index (χ3v) is 2.69. The summed E-state index contributed by atoms with van der Waals surface area (Å²) >= 11 is 0. The number of rotatable bonds is 1. The highest BCUT2D eigenvalue weighted by Crippen LogP contribution is 2.15. The van der Waals surface area contributed by atoms with Gasteiger partial charge in [-0.25, -0.2) is 4.98 Å². The molecule has 3 heteroatoms. The van der Waals surface area contributed by atoms with Crippen LogP contribution in [0.25, 0.3) is 0 Å². The second-order valence-corrected chi connectivity index (χ2v) is 3.94. The van der Waals surface area contributed by atoms with Crippen molar-refractivity contribution in [1.29, 1.82) is 0 Å². The lowest BCUT2D eigenvalue weighted by Crippen LogP contribution is -2.50. The molecule has 1 N–H and O–H groups in total. The molecule has 14 heavy (non-hydrogen) atoms. The van der Waals surface area contributed by atoms with E-state index in [2.05, 4.69) is 41.2 Å². The van der Waals surface area contributed by atoms with Gasteiger partial charge < -0.3 is 10.2 Å². The van der Waals surface area contributed by atoms with Gasteiger partial charge in [0.25, 0.3) is 0 Å². The molecule has 76 valence electrons. The molecule has 1 saturated heterocycles. The van der Waals surface area contributed by atoms with Gasteiger partial charge in [0, 0.05) is 31.9 Å². The van der Waals surface area contributed by atoms with Crippen LogP contribution in [0.3, 0.4) is 0 Å². The minimum absolute atomic E-state index is 0.541. The number of nitrogens with one attached hydrogen (secondary N) is 1. The van der Waals surface area contributed by atoms with E-state index < -0.39 is 0 Å². The van der Waals surface area contributed by atoms with E-state index in [4.69, 9.17) is 0 Å². The summed E-state index contributed by atoms with van der Waals surface area (Å²) in [5, 5.41) is 3.38. The van der Waals surface area contributed by atoms with E-state index in [0.29, 0.717) is 6.04 Å². The molecule has 1 atom stereocenters. The van der Waals surface area contributed by atoms with Crippen molar-refractivity contribution in [3.8, 4) is 0 Å². The van der Waals surface area contributed by atoms with Gasteiger partial charge >= 0.3 is 0 Å². The molecular weight excluding hydrogens is 174 g/mol. The Balaban J connectivity index is 2.16. The fourth-order valence-electron chi connectivity index (χ4n) is 1.81. The molecule has 1 aliphatic heterocycles. The normalized spacial score (nSPS) is 22.4. The molecule has 0 radical (unpaired) electrons. The lowest BCUT2D eigenvalue weighted by atomic mass is 10.2. The monoisotopic (exact) mass is 191 g/mol. The van der Waals surface area contributed by atoms with Crippen LogP contribution in [0.5, 0.6) is 0 Å². The van der Waals surface area contributed by atoms with Gasteiger partial charge in [-0.1, -0.05) is 6.07 Å². The number of hydrogen-bond acceptors (Lipinski definition) is 3. The number of anilines is 1. The van der Waals surface area contributed by atoms with E-state index in [-0.39, 0.29) is 0 Å². The Morgan fingerprint density at radius 1 is 1.50 bits per heavy atom. The van der Waals surface area contributed by atoms with Crippen molar-refractivity contribution in [1.82, 2.24) is 10.3 Å². The first-order chi connectivity index (χ1) is 6.77. The van der Waals surface area contributed by atoms with Crippen LogP contribution in [-0.2, 0) is 0 Å². The van der Waals surface area contributed by atoms with E-state index in [0.717, 1.165) is 25.5 Å². The van der Waals surface area contributed by atoms with Gasteiger partial charge in [0.2, 0.25) is 0 Å². The number of piperazine rings is 1. The summed E-state index contributed by atoms with van der Waals surface area (Å²) in [6.45, 7) is 7.46. The summed E-state index contributed by atoms with van der Waals surface area (Å²) in [5.41, 5.74) is 1.22. The Hall–Kier alpha value is -1.09. The molecule has 0 spiro atoms. The summed E-state index contributed by atoms with van der Waals surface area (Å²) in [5.74, 6) is 1.10. The van der Waals surface area contributed by atoms with Crippen LogP contribution >= 0.6 is 0 Å². The first-order valence-electron chi connectivity index (χ1n) is 5.17. The molecule has 1 unspecified atom stereocenters. The van der Waals surface area contributed by atoms with E-state index in [1.54, 1.807) is 0 Å². The maximum atomic E-state index is 4.45. The zero-order valence-electron chi connectivity index (χ0n) is 8.83. The van der Waals surface area contributed by atoms with E-state index in [1.807, 2.05) is 6.20 Å². The molecule has 2 heterocycles. The molecule has 0 aliphatic carbocycles. The number of pyridine rings is 1. The second kappa shape index (κ2) is 3.96. The third kappa shape index (κ3) is 1.87. The van der Waals surface area contributed by atoms with Crippen LogP contribution < -0.4 is 10.2 Å². The van der Waals surface area contributed by atoms with Crippen LogP contribution in [0.1, 0.15) is 12.5 Å². The lowest BCUT2D eigenvalue weighted by Gasteiger charge is -2.34. The maximum Gasteiger partial charge on any atom is 0.128 e. The van der Waals surface area contributed by atoms with Crippen molar-refractivity contribution in [2.45, 2.75) is 19.9 Å². The van der Waals surface area contributed by atoms with Crippen molar-refractivity contribution in [2.75, 3.05) is 24.5 Å². The minimum Gasteiger partial charge on any atom is -0.351 e. The average molecular weight is 191 g/mol. The Kier molecular flexibility index (Phi) is 2.68. The summed E-state index contributed by atoms with van der Waals surface area (Å²) in [4.78, 5) is 6.81. The predicted molar refractivity (Wildman–Crippen MR) is 58.7 cm³/mol. The molecule has 0 bridgehead atoms. The molecule has 0 aromatic carbocycles. The molecule has 1 aliphatic rings. The highest BCUT2D eigenvalue weighted by Gasteiger charge is 2.18. The number of aryl methyl sites for hydroxylation is 1. The zero-order valence-corrected chi connectivity index (χ0v) is 8.83. The SMILES string of the molecule is Cc1ccc(N2CCNCC2C)nc1. The van der Waals surface area contributed by atoms with Crippen LogP contribution in [0, 0.1) is 6.92 Å². The van der Waals surface area contributed by atoms with Crippen molar-refractivity contribution >= 4 is 5.82 Å².